The lowest BCUT2D eigenvalue weighted by molar-refractivity contribution is 0.469. The van der Waals surface area contributed by atoms with Gasteiger partial charge in [-0.2, -0.15) is 15.6 Å². The van der Waals surface area contributed by atoms with Gasteiger partial charge in [-0.3, -0.25) is 0 Å². The maximum absolute atomic E-state index is 12.5. The van der Waals surface area contributed by atoms with Gasteiger partial charge in [0.1, 0.15) is 4.21 Å². The molecular weight excluding hydrogens is 324 g/mol. The van der Waals surface area contributed by atoms with Gasteiger partial charge in [-0.05, 0) is 34.5 Å². The van der Waals surface area contributed by atoms with Gasteiger partial charge in [0, 0.05) is 31.1 Å². The maximum atomic E-state index is 12.5. The minimum absolute atomic E-state index is 0.383. The zero-order valence-corrected chi connectivity index (χ0v) is 14.8. The molecule has 0 fully saturated rings. The molecule has 0 saturated heterocycles. The third-order valence-electron chi connectivity index (χ3n) is 2.97. The Morgan fingerprint density at radius 1 is 1.29 bits per heavy atom. The van der Waals surface area contributed by atoms with Crippen molar-refractivity contribution in [3.05, 3.63) is 39.4 Å². The summed E-state index contributed by atoms with van der Waals surface area (Å²) in [6.07, 6.45) is 0. The van der Waals surface area contributed by atoms with Crippen LogP contribution in [0.15, 0.2) is 33.2 Å². The summed E-state index contributed by atoms with van der Waals surface area (Å²) in [6.45, 7) is 5.25. The smallest absolute Gasteiger partial charge is 0.252 e. The molecule has 2 rings (SSSR count). The van der Waals surface area contributed by atoms with Crippen LogP contribution in [-0.2, 0) is 23.1 Å². The van der Waals surface area contributed by atoms with Crippen LogP contribution < -0.4 is 5.32 Å². The molecule has 1 N–H and O–H groups in total. The summed E-state index contributed by atoms with van der Waals surface area (Å²) in [7, 11) is -1.78. The molecule has 0 amide bonds. The summed E-state index contributed by atoms with van der Waals surface area (Å²) in [6, 6.07) is 5.91. The van der Waals surface area contributed by atoms with Crippen LogP contribution in [0.1, 0.15) is 24.3 Å². The third kappa shape index (κ3) is 4.37. The predicted octanol–water partition coefficient (Wildman–Crippen LogP) is 3.13. The normalized spacial score (nSPS) is 12.4. The van der Waals surface area contributed by atoms with Crippen molar-refractivity contribution in [2.45, 2.75) is 37.2 Å². The van der Waals surface area contributed by atoms with E-state index in [-0.39, 0.29) is 0 Å². The summed E-state index contributed by atoms with van der Waals surface area (Å²) < 4.78 is 26.9. The SMILES string of the molecule is CC(C)NCc1ccc(S(=O)(=O)N(C)Cc2ccsc2)s1. The molecule has 2 aromatic heterocycles. The zero-order valence-electron chi connectivity index (χ0n) is 12.4. The molecule has 0 aliphatic rings. The molecule has 0 aliphatic carbocycles. The van der Waals surface area contributed by atoms with Crippen molar-refractivity contribution in [2.24, 2.45) is 0 Å². The molecule has 21 heavy (non-hydrogen) atoms. The van der Waals surface area contributed by atoms with Crippen LogP contribution >= 0.6 is 22.7 Å². The molecule has 116 valence electrons. The molecule has 7 heteroatoms. The Balaban J connectivity index is 2.08. The van der Waals surface area contributed by atoms with Crippen molar-refractivity contribution in [2.75, 3.05) is 7.05 Å². The molecule has 0 aromatic carbocycles. The van der Waals surface area contributed by atoms with Crippen LogP contribution in [0.5, 0.6) is 0 Å². The summed E-state index contributed by atoms with van der Waals surface area (Å²) in [5, 5.41) is 7.22. The predicted molar refractivity (Wildman–Crippen MR) is 89.3 cm³/mol. The van der Waals surface area contributed by atoms with Crippen molar-refractivity contribution in [3.8, 4) is 0 Å². The molecular formula is C14H20N2O2S3. The number of hydrogen-bond acceptors (Lipinski definition) is 5. The van der Waals surface area contributed by atoms with E-state index in [2.05, 4.69) is 19.2 Å². The number of nitrogens with one attached hydrogen (secondary N) is 1. The maximum Gasteiger partial charge on any atom is 0.252 e. The number of thiophene rings is 2. The number of sulfonamides is 1. The molecule has 0 saturated carbocycles. The fraction of sp³-hybridized carbons (Fsp3) is 0.429. The highest BCUT2D eigenvalue weighted by Gasteiger charge is 2.23. The molecule has 2 aromatic rings. The molecule has 0 unspecified atom stereocenters. The van der Waals surface area contributed by atoms with Crippen molar-refractivity contribution >= 4 is 32.7 Å². The summed E-state index contributed by atoms with van der Waals surface area (Å²) in [5.41, 5.74) is 1.02. The van der Waals surface area contributed by atoms with Crippen LogP contribution in [0.3, 0.4) is 0 Å². The van der Waals surface area contributed by atoms with Crippen molar-refractivity contribution in [3.63, 3.8) is 0 Å². The van der Waals surface area contributed by atoms with Crippen LogP contribution in [-0.4, -0.2) is 25.8 Å². The van der Waals surface area contributed by atoms with E-state index in [4.69, 9.17) is 0 Å². The first kappa shape index (κ1) is 16.6. The Kier molecular flexibility index (Phi) is 5.56. The van der Waals surface area contributed by atoms with E-state index in [9.17, 15) is 8.42 Å². The van der Waals surface area contributed by atoms with Gasteiger partial charge >= 0.3 is 0 Å². The number of hydrogen-bond donors (Lipinski definition) is 1. The quantitative estimate of drug-likeness (QED) is 0.839. The second kappa shape index (κ2) is 7.02. The summed E-state index contributed by atoms with van der Waals surface area (Å²) in [4.78, 5) is 1.03. The van der Waals surface area contributed by atoms with E-state index in [1.807, 2.05) is 22.9 Å². The summed E-state index contributed by atoms with van der Waals surface area (Å²) in [5.74, 6) is 0. The first-order valence-corrected chi connectivity index (χ1v) is 9.89. The average Bonchev–Trinajstić information content (AvgIpc) is 3.07. The number of rotatable bonds is 7. The van der Waals surface area contributed by atoms with E-state index >= 15 is 0 Å². The lowest BCUT2D eigenvalue weighted by Crippen LogP contribution is -2.25. The molecule has 2 heterocycles. The van der Waals surface area contributed by atoms with E-state index in [0.717, 1.165) is 10.4 Å². The highest BCUT2D eigenvalue weighted by molar-refractivity contribution is 7.91. The van der Waals surface area contributed by atoms with Gasteiger partial charge in [0.15, 0.2) is 0 Å². The van der Waals surface area contributed by atoms with Gasteiger partial charge in [-0.25, -0.2) is 8.42 Å². The van der Waals surface area contributed by atoms with Crippen molar-refractivity contribution in [1.29, 1.82) is 0 Å². The van der Waals surface area contributed by atoms with Gasteiger partial charge in [-0.15, -0.1) is 11.3 Å². The first-order valence-electron chi connectivity index (χ1n) is 6.69. The highest BCUT2D eigenvalue weighted by Crippen LogP contribution is 2.25. The fourth-order valence-corrected chi connectivity index (χ4v) is 5.11. The largest absolute Gasteiger partial charge is 0.310 e. The van der Waals surface area contributed by atoms with E-state index in [0.29, 0.717) is 23.3 Å². The van der Waals surface area contributed by atoms with Gasteiger partial charge in [0.25, 0.3) is 10.0 Å². The standard InChI is InChI=1S/C14H20N2O2S3/c1-11(2)15-8-13-4-5-14(20-13)21(17,18)16(3)9-12-6-7-19-10-12/h4-7,10-11,15H,8-9H2,1-3H3. The molecule has 0 radical (unpaired) electrons. The van der Waals surface area contributed by atoms with E-state index < -0.39 is 10.0 Å². The van der Waals surface area contributed by atoms with Crippen LogP contribution in [0, 0.1) is 0 Å². The van der Waals surface area contributed by atoms with Gasteiger partial charge in [0.2, 0.25) is 0 Å². The van der Waals surface area contributed by atoms with Crippen LogP contribution in [0.4, 0.5) is 0 Å². The Labute approximate surface area is 134 Å². The lowest BCUT2D eigenvalue weighted by atomic mass is 10.3. The average molecular weight is 345 g/mol. The molecule has 4 nitrogen and oxygen atoms in total. The number of nitrogens with zero attached hydrogens (tertiary/aromatic N) is 1. The van der Waals surface area contributed by atoms with Crippen LogP contribution in [0.2, 0.25) is 0 Å². The molecule has 0 spiro atoms. The Morgan fingerprint density at radius 3 is 2.67 bits per heavy atom. The molecule has 0 aliphatic heterocycles. The second-order valence-electron chi connectivity index (χ2n) is 5.15. The topological polar surface area (TPSA) is 49.4 Å². The van der Waals surface area contributed by atoms with Crippen molar-refractivity contribution < 1.29 is 8.42 Å². The van der Waals surface area contributed by atoms with Gasteiger partial charge < -0.3 is 5.32 Å². The Bertz CT molecular complexity index is 660. The zero-order chi connectivity index (χ0) is 15.5. The van der Waals surface area contributed by atoms with Gasteiger partial charge in [0.05, 0.1) is 0 Å². The lowest BCUT2D eigenvalue weighted by Gasteiger charge is -2.15. The minimum atomic E-state index is -3.40. The van der Waals surface area contributed by atoms with Crippen molar-refractivity contribution in [1.82, 2.24) is 9.62 Å². The third-order valence-corrected chi connectivity index (χ3v) is 7.06. The second-order valence-corrected chi connectivity index (χ2v) is 9.37. The highest BCUT2D eigenvalue weighted by atomic mass is 32.2. The van der Waals surface area contributed by atoms with Gasteiger partial charge in [-0.1, -0.05) is 13.8 Å². The van der Waals surface area contributed by atoms with Crippen LogP contribution in [0.25, 0.3) is 0 Å². The fourth-order valence-electron chi connectivity index (χ4n) is 1.77. The first-order chi connectivity index (χ1) is 9.89. The minimum Gasteiger partial charge on any atom is -0.310 e. The Hall–Kier alpha value is -0.730. The summed E-state index contributed by atoms with van der Waals surface area (Å²) >= 11 is 2.91. The van der Waals surface area contributed by atoms with E-state index in [1.54, 1.807) is 24.5 Å². The molecule has 0 bridgehead atoms. The van der Waals surface area contributed by atoms with E-state index in [1.165, 1.54) is 15.6 Å². The molecule has 0 atom stereocenters. The monoisotopic (exact) mass is 344 g/mol. The Morgan fingerprint density at radius 2 is 2.05 bits per heavy atom.